The summed E-state index contributed by atoms with van der Waals surface area (Å²) >= 11 is 0. The summed E-state index contributed by atoms with van der Waals surface area (Å²) in [5, 5.41) is 11.1. The number of rotatable bonds is 8. The summed E-state index contributed by atoms with van der Waals surface area (Å²) in [6, 6.07) is 9.76. The van der Waals surface area contributed by atoms with E-state index in [0.29, 0.717) is 36.4 Å². The molecule has 0 bridgehead atoms. The van der Waals surface area contributed by atoms with E-state index >= 15 is 0 Å². The first-order valence-electron chi connectivity index (χ1n) is 10.00. The maximum atomic E-state index is 13.0. The summed E-state index contributed by atoms with van der Waals surface area (Å²) < 4.78 is 5.50. The quantitative estimate of drug-likeness (QED) is 0.410. The van der Waals surface area contributed by atoms with Gasteiger partial charge in [-0.25, -0.2) is 0 Å². The van der Waals surface area contributed by atoms with Gasteiger partial charge in [-0.3, -0.25) is 14.6 Å². The minimum atomic E-state index is -0.687. The molecule has 1 aliphatic rings. The van der Waals surface area contributed by atoms with Crippen molar-refractivity contribution in [3.8, 4) is 5.75 Å². The maximum absolute atomic E-state index is 13.0. The molecule has 0 saturated carbocycles. The topological polar surface area (TPSA) is 83.0 Å². The van der Waals surface area contributed by atoms with Crippen molar-refractivity contribution in [3.05, 3.63) is 65.5 Å². The number of benzene rings is 1. The molecule has 1 aliphatic heterocycles. The zero-order chi connectivity index (χ0) is 21.7. The second kappa shape index (κ2) is 9.54. The monoisotopic (exact) mass is 409 g/mol. The highest BCUT2D eigenvalue weighted by molar-refractivity contribution is 6.46. The van der Waals surface area contributed by atoms with E-state index in [1.54, 1.807) is 42.7 Å². The summed E-state index contributed by atoms with van der Waals surface area (Å²) in [7, 11) is 3.91. The second-order valence-electron chi connectivity index (χ2n) is 7.40. The number of aliphatic hydroxyl groups excluding tert-OH is 1. The first-order valence-corrected chi connectivity index (χ1v) is 10.00. The number of aromatic nitrogens is 1. The van der Waals surface area contributed by atoms with Crippen LogP contribution >= 0.6 is 0 Å². The number of ether oxygens (including phenoxy) is 1. The van der Waals surface area contributed by atoms with Crippen LogP contribution in [0.1, 0.15) is 30.5 Å². The zero-order valence-electron chi connectivity index (χ0n) is 17.5. The smallest absolute Gasteiger partial charge is 0.295 e. The van der Waals surface area contributed by atoms with Crippen molar-refractivity contribution in [1.82, 2.24) is 14.8 Å². The standard InChI is InChI=1S/C23H27N3O4/c1-4-30-18-10-5-8-16(14-18)21(27)19-20(17-9-6-11-24-15-17)26(23(29)22(19)28)13-7-12-25(2)3/h5-6,8-11,14-15,20,27H,4,7,12-13H2,1-3H3/b21-19-. The fraction of sp³-hybridized carbons (Fsp3) is 0.348. The number of carbonyl (C=O) groups excluding carboxylic acids is 2. The van der Waals surface area contributed by atoms with Gasteiger partial charge in [-0.2, -0.15) is 0 Å². The molecule has 1 atom stereocenters. The Kier molecular flexibility index (Phi) is 6.84. The van der Waals surface area contributed by atoms with Crippen molar-refractivity contribution in [1.29, 1.82) is 0 Å². The average Bonchev–Trinajstić information content (AvgIpc) is 2.99. The fourth-order valence-electron chi connectivity index (χ4n) is 3.61. The Balaban J connectivity index is 2.06. The van der Waals surface area contributed by atoms with E-state index < -0.39 is 17.7 Å². The maximum Gasteiger partial charge on any atom is 0.295 e. The molecular formula is C23H27N3O4. The van der Waals surface area contributed by atoms with Gasteiger partial charge in [-0.15, -0.1) is 0 Å². The predicted octanol–water partition coefficient (Wildman–Crippen LogP) is 2.85. The molecule has 1 N–H and O–H groups in total. The van der Waals surface area contributed by atoms with E-state index in [9.17, 15) is 14.7 Å². The lowest BCUT2D eigenvalue weighted by molar-refractivity contribution is -0.139. The Hall–Kier alpha value is -3.19. The van der Waals surface area contributed by atoms with E-state index in [4.69, 9.17) is 4.74 Å². The molecule has 30 heavy (non-hydrogen) atoms. The molecule has 1 amide bonds. The Morgan fingerprint density at radius 1 is 1.23 bits per heavy atom. The number of ketones is 1. The third-order valence-corrected chi connectivity index (χ3v) is 4.96. The van der Waals surface area contributed by atoms with Gasteiger partial charge in [-0.1, -0.05) is 18.2 Å². The van der Waals surface area contributed by atoms with Gasteiger partial charge in [-0.05, 0) is 57.7 Å². The summed E-state index contributed by atoms with van der Waals surface area (Å²) in [5.41, 5.74) is 1.19. The van der Waals surface area contributed by atoms with Crippen LogP contribution in [0.4, 0.5) is 0 Å². The van der Waals surface area contributed by atoms with Gasteiger partial charge in [0.15, 0.2) is 0 Å². The Labute approximate surface area is 176 Å². The van der Waals surface area contributed by atoms with E-state index in [2.05, 4.69) is 4.98 Å². The zero-order valence-corrected chi connectivity index (χ0v) is 17.5. The third kappa shape index (κ3) is 4.52. The lowest BCUT2D eigenvalue weighted by atomic mass is 9.96. The van der Waals surface area contributed by atoms with Crippen LogP contribution in [0.3, 0.4) is 0 Å². The van der Waals surface area contributed by atoms with Crippen LogP contribution in [-0.4, -0.2) is 65.4 Å². The van der Waals surface area contributed by atoms with Crippen LogP contribution in [0.25, 0.3) is 5.76 Å². The summed E-state index contributed by atoms with van der Waals surface area (Å²) in [6.45, 7) is 3.53. The lowest BCUT2D eigenvalue weighted by Crippen LogP contribution is -2.32. The number of likely N-dealkylation sites (tertiary alicyclic amines) is 1. The molecule has 2 heterocycles. The van der Waals surface area contributed by atoms with Gasteiger partial charge in [0.2, 0.25) is 0 Å². The number of nitrogens with zero attached hydrogens (tertiary/aromatic N) is 3. The molecular weight excluding hydrogens is 382 g/mol. The Morgan fingerprint density at radius 3 is 2.70 bits per heavy atom. The predicted molar refractivity (Wildman–Crippen MR) is 114 cm³/mol. The normalized spacial score (nSPS) is 18.3. The lowest BCUT2D eigenvalue weighted by Gasteiger charge is -2.25. The molecule has 3 rings (SSSR count). The number of aliphatic hydroxyl groups is 1. The highest BCUT2D eigenvalue weighted by Gasteiger charge is 2.45. The number of amides is 1. The molecule has 0 spiro atoms. The second-order valence-corrected chi connectivity index (χ2v) is 7.40. The first-order chi connectivity index (χ1) is 14.4. The van der Waals surface area contributed by atoms with E-state index in [0.717, 1.165) is 6.54 Å². The molecule has 158 valence electrons. The van der Waals surface area contributed by atoms with Crippen molar-refractivity contribution in [2.45, 2.75) is 19.4 Å². The van der Waals surface area contributed by atoms with Gasteiger partial charge in [0.1, 0.15) is 11.5 Å². The molecule has 1 aromatic carbocycles. The van der Waals surface area contributed by atoms with Gasteiger partial charge in [0, 0.05) is 24.5 Å². The van der Waals surface area contributed by atoms with Crippen LogP contribution in [0, 0.1) is 0 Å². The van der Waals surface area contributed by atoms with Crippen LogP contribution in [0.2, 0.25) is 0 Å². The van der Waals surface area contributed by atoms with E-state index in [1.165, 1.54) is 4.90 Å². The molecule has 1 aromatic heterocycles. The van der Waals surface area contributed by atoms with Crippen molar-refractivity contribution in [2.24, 2.45) is 0 Å². The average molecular weight is 409 g/mol. The molecule has 1 fully saturated rings. The van der Waals surface area contributed by atoms with Crippen molar-refractivity contribution in [2.75, 3.05) is 33.8 Å². The van der Waals surface area contributed by atoms with Gasteiger partial charge < -0.3 is 19.6 Å². The molecule has 7 nitrogen and oxygen atoms in total. The highest BCUT2D eigenvalue weighted by atomic mass is 16.5. The molecule has 1 unspecified atom stereocenters. The summed E-state index contributed by atoms with van der Waals surface area (Å²) in [6.07, 6.45) is 3.96. The Bertz CT molecular complexity index is 940. The fourth-order valence-corrected chi connectivity index (χ4v) is 3.61. The molecule has 0 aliphatic carbocycles. The molecule has 2 aromatic rings. The number of pyridine rings is 1. The summed E-state index contributed by atoms with van der Waals surface area (Å²) in [5.74, 6) is -0.920. The van der Waals surface area contributed by atoms with E-state index in [-0.39, 0.29) is 11.3 Å². The number of hydrogen-bond donors (Lipinski definition) is 1. The first kappa shape index (κ1) is 21.5. The van der Waals surface area contributed by atoms with Crippen LogP contribution in [0.15, 0.2) is 54.4 Å². The Morgan fingerprint density at radius 2 is 2.03 bits per heavy atom. The number of Topliss-reactive ketones (excluding diaryl/α,β-unsaturated/α-hetero) is 1. The van der Waals surface area contributed by atoms with Crippen molar-refractivity contribution in [3.63, 3.8) is 0 Å². The third-order valence-electron chi connectivity index (χ3n) is 4.96. The van der Waals surface area contributed by atoms with Crippen LogP contribution in [0.5, 0.6) is 5.75 Å². The van der Waals surface area contributed by atoms with Gasteiger partial charge in [0.05, 0.1) is 18.2 Å². The van der Waals surface area contributed by atoms with Crippen molar-refractivity contribution >= 4 is 17.4 Å². The van der Waals surface area contributed by atoms with Crippen LogP contribution in [-0.2, 0) is 9.59 Å². The largest absolute Gasteiger partial charge is 0.507 e. The molecule has 1 saturated heterocycles. The number of hydrogen-bond acceptors (Lipinski definition) is 6. The number of carbonyl (C=O) groups is 2. The van der Waals surface area contributed by atoms with Crippen LogP contribution < -0.4 is 4.74 Å². The molecule has 0 radical (unpaired) electrons. The summed E-state index contributed by atoms with van der Waals surface area (Å²) in [4.78, 5) is 33.5. The van der Waals surface area contributed by atoms with E-state index in [1.807, 2.05) is 32.0 Å². The van der Waals surface area contributed by atoms with Gasteiger partial charge >= 0.3 is 0 Å². The minimum Gasteiger partial charge on any atom is -0.507 e. The minimum absolute atomic E-state index is 0.0755. The highest BCUT2D eigenvalue weighted by Crippen LogP contribution is 2.39. The van der Waals surface area contributed by atoms with Gasteiger partial charge in [0.25, 0.3) is 11.7 Å². The SMILES string of the molecule is CCOc1cccc(/C(O)=C2/C(=O)C(=O)N(CCCN(C)C)C2c2cccnc2)c1. The molecule has 7 heteroatoms. The van der Waals surface area contributed by atoms with Crippen molar-refractivity contribution < 1.29 is 19.4 Å².